The molecule has 0 amide bonds. The summed E-state index contributed by atoms with van der Waals surface area (Å²) in [5, 5.41) is 12.2. The van der Waals surface area contributed by atoms with Gasteiger partial charge in [0.25, 0.3) is 0 Å². The number of pyridine rings is 1. The van der Waals surface area contributed by atoms with Crippen LogP contribution in [0.1, 0.15) is 5.56 Å². The number of hydrogen-bond donors (Lipinski definition) is 2. The van der Waals surface area contributed by atoms with Crippen LogP contribution in [0.4, 0.5) is 0 Å². The van der Waals surface area contributed by atoms with Gasteiger partial charge in [0.15, 0.2) is 0 Å². The van der Waals surface area contributed by atoms with Crippen LogP contribution < -0.4 is 0 Å². The van der Waals surface area contributed by atoms with Crippen LogP contribution in [0, 0.1) is 6.92 Å². The predicted molar refractivity (Wildman–Crippen MR) is 97.8 cm³/mol. The first-order valence-corrected chi connectivity index (χ1v) is 9.14. The summed E-state index contributed by atoms with van der Waals surface area (Å²) in [6.07, 6.45) is 3.47. The number of nitrogens with one attached hydrogen (secondary N) is 1. The fourth-order valence-corrected chi connectivity index (χ4v) is 3.62. The summed E-state index contributed by atoms with van der Waals surface area (Å²) < 4.78 is 11.8. The summed E-state index contributed by atoms with van der Waals surface area (Å²) in [6.45, 7) is 1.99. The number of aromatic amines is 1. The van der Waals surface area contributed by atoms with Crippen LogP contribution in [0.5, 0.6) is 5.75 Å². The number of benzene rings is 2. The summed E-state index contributed by atoms with van der Waals surface area (Å²) in [5.74, 6) is 0.194. The quantitative estimate of drug-likeness (QED) is 0.578. The van der Waals surface area contributed by atoms with E-state index in [4.69, 9.17) is 0 Å². The van der Waals surface area contributed by atoms with E-state index in [2.05, 4.69) is 16.0 Å². The van der Waals surface area contributed by atoms with Crippen molar-refractivity contribution in [2.24, 2.45) is 0 Å². The molecule has 1 atom stereocenters. The molecule has 2 aromatic carbocycles. The lowest BCUT2D eigenvalue weighted by atomic mass is 9.99. The number of aromatic nitrogens is 2. The van der Waals surface area contributed by atoms with Gasteiger partial charge in [0.05, 0.1) is 5.52 Å². The van der Waals surface area contributed by atoms with Gasteiger partial charge in [-0.3, -0.25) is 4.21 Å². The molecular weight excluding hydrogens is 320 g/mol. The fraction of sp³-hybridized carbons (Fsp3) is 0.105. The van der Waals surface area contributed by atoms with Crippen molar-refractivity contribution < 1.29 is 9.32 Å². The van der Waals surface area contributed by atoms with E-state index in [1.54, 1.807) is 18.5 Å². The molecule has 2 N–H and O–H groups in total. The van der Waals surface area contributed by atoms with Gasteiger partial charge in [0, 0.05) is 38.9 Å². The number of phenols is 1. The maximum atomic E-state index is 11.8. The van der Waals surface area contributed by atoms with E-state index in [9.17, 15) is 9.32 Å². The molecule has 2 aromatic heterocycles. The summed E-state index contributed by atoms with van der Waals surface area (Å²) in [5.41, 5.74) is 4.42. The van der Waals surface area contributed by atoms with Crippen LogP contribution in [0.25, 0.3) is 33.1 Å². The Balaban J connectivity index is 2.11. The minimum Gasteiger partial charge on any atom is -0.506 e. The van der Waals surface area contributed by atoms with E-state index >= 15 is 0 Å². The lowest BCUT2D eigenvalue weighted by Crippen LogP contribution is -1.88. The zero-order valence-corrected chi connectivity index (χ0v) is 14.1. The molecule has 0 radical (unpaired) electrons. The lowest BCUT2D eigenvalue weighted by molar-refractivity contribution is 0.480. The van der Waals surface area contributed by atoms with E-state index in [1.165, 1.54) is 0 Å². The lowest BCUT2D eigenvalue weighted by Gasteiger charge is -2.07. The summed E-state index contributed by atoms with van der Waals surface area (Å²) in [6, 6.07) is 13.3. The highest BCUT2D eigenvalue weighted by Gasteiger charge is 2.15. The van der Waals surface area contributed by atoms with Crippen LogP contribution >= 0.6 is 0 Å². The monoisotopic (exact) mass is 336 g/mol. The molecule has 24 heavy (non-hydrogen) atoms. The van der Waals surface area contributed by atoms with Crippen LogP contribution in [0.15, 0.2) is 53.6 Å². The highest BCUT2D eigenvalue weighted by molar-refractivity contribution is 7.84. The smallest absolute Gasteiger partial charge is 0.139 e. The largest absolute Gasteiger partial charge is 0.506 e. The Morgan fingerprint density at radius 1 is 1.17 bits per heavy atom. The second-order valence-electron chi connectivity index (χ2n) is 5.90. The maximum Gasteiger partial charge on any atom is 0.139 e. The first kappa shape index (κ1) is 14.9. The Bertz CT molecular complexity index is 1120. The summed E-state index contributed by atoms with van der Waals surface area (Å²) in [7, 11) is -1.04. The predicted octanol–water partition coefficient (Wildman–Crippen LogP) is 4.13. The number of H-pyrrole nitrogens is 1. The molecule has 0 fully saturated rings. The van der Waals surface area contributed by atoms with E-state index in [-0.39, 0.29) is 5.75 Å². The molecule has 4 nitrogen and oxygen atoms in total. The molecule has 5 heteroatoms. The molecule has 4 rings (SSSR count). The topological polar surface area (TPSA) is 66.0 Å². The first-order chi connectivity index (χ1) is 11.5. The fourth-order valence-electron chi connectivity index (χ4n) is 3.06. The Kier molecular flexibility index (Phi) is 3.39. The molecule has 4 aromatic rings. The van der Waals surface area contributed by atoms with Gasteiger partial charge in [-0.2, -0.15) is 0 Å². The molecule has 120 valence electrons. The second-order valence-corrected chi connectivity index (χ2v) is 7.28. The molecule has 0 aliphatic rings. The summed E-state index contributed by atoms with van der Waals surface area (Å²) >= 11 is 0. The molecule has 0 saturated heterocycles. The van der Waals surface area contributed by atoms with E-state index in [1.807, 2.05) is 37.3 Å². The average molecular weight is 336 g/mol. The van der Waals surface area contributed by atoms with Gasteiger partial charge in [-0.1, -0.05) is 12.1 Å². The number of aromatic hydroxyl groups is 1. The average Bonchev–Trinajstić information content (AvgIpc) is 2.95. The van der Waals surface area contributed by atoms with Crippen molar-refractivity contribution in [1.29, 1.82) is 0 Å². The number of phenolic OH excluding ortho intramolecular Hbond substituents is 1. The molecule has 1 unspecified atom stereocenters. The number of aryl methyl sites for hydroxylation is 1. The van der Waals surface area contributed by atoms with Gasteiger partial charge >= 0.3 is 0 Å². The third-order valence-electron chi connectivity index (χ3n) is 4.20. The molecule has 0 saturated carbocycles. The first-order valence-electron chi connectivity index (χ1n) is 7.58. The number of nitrogens with zero attached hydrogens (tertiary/aromatic N) is 1. The Morgan fingerprint density at radius 2 is 2.00 bits per heavy atom. The van der Waals surface area contributed by atoms with Crippen molar-refractivity contribution >= 4 is 32.7 Å². The highest BCUT2D eigenvalue weighted by atomic mass is 32.2. The van der Waals surface area contributed by atoms with Crippen LogP contribution in [0.2, 0.25) is 0 Å². The van der Waals surface area contributed by atoms with Gasteiger partial charge in [0.1, 0.15) is 11.4 Å². The van der Waals surface area contributed by atoms with Crippen molar-refractivity contribution in [3.63, 3.8) is 0 Å². The number of rotatable bonds is 2. The Labute approximate surface area is 141 Å². The normalized spacial score (nSPS) is 12.8. The minimum absolute atomic E-state index is 0.194. The molecule has 0 aliphatic carbocycles. The van der Waals surface area contributed by atoms with Gasteiger partial charge in [0.2, 0.25) is 0 Å². The zero-order chi connectivity index (χ0) is 16.8. The van der Waals surface area contributed by atoms with Crippen molar-refractivity contribution in [2.45, 2.75) is 11.8 Å². The molecule has 2 heterocycles. The third-order valence-corrected chi connectivity index (χ3v) is 5.12. The standard InChI is InChI=1S/C19H16N2O2S/c1-11-8-15-17-14(12-4-3-5-13(9-12)24(2)23)6-7-16(22)18(17)21-19(15)20-10-11/h3-10,22H,1-2H3,(H,20,21). The number of hydrogen-bond acceptors (Lipinski definition) is 3. The van der Waals surface area contributed by atoms with Gasteiger partial charge in [-0.15, -0.1) is 0 Å². The van der Waals surface area contributed by atoms with Crippen molar-refractivity contribution in [3.8, 4) is 16.9 Å². The Hall–Kier alpha value is -2.66. The van der Waals surface area contributed by atoms with E-state index in [0.717, 1.165) is 38.0 Å². The van der Waals surface area contributed by atoms with E-state index < -0.39 is 10.8 Å². The SMILES string of the molecule is Cc1cnc2[nH]c3c(O)ccc(-c4cccc(S(C)=O)c4)c3c2c1. The third kappa shape index (κ3) is 2.29. The Morgan fingerprint density at radius 3 is 2.79 bits per heavy atom. The van der Waals surface area contributed by atoms with Crippen LogP contribution in [-0.2, 0) is 10.8 Å². The second kappa shape index (κ2) is 5.46. The van der Waals surface area contributed by atoms with Gasteiger partial charge in [-0.05, 0) is 53.9 Å². The van der Waals surface area contributed by atoms with Crippen LogP contribution in [-0.4, -0.2) is 25.5 Å². The molecular formula is C19H16N2O2S. The maximum absolute atomic E-state index is 11.8. The van der Waals surface area contributed by atoms with Crippen molar-refractivity contribution in [3.05, 3.63) is 54.2 Å². The minimum atomic E-state index is -1.04. The van der Waals surface area contributed by atoms with Crippen LogP contribution in [0.3, 0.4) is 0 Å². The van der Waals surface area contributed by atoms with Crippen molar-refractivity contribution in [1.82, 2.24) is 9.97 Å². The zero-order valence-electron chi connectivity index (χ0n) is 13.3. The van der Waals surface area contributed by atoms with Crippen molar-refractivity contribution in [2.75, 3.05) is 6.26 Å². The molecule has 0 spiro atoms. The van der Waals surface area contributed by atoms with E-state index in [0.29, 0.717) is 5.52 Å². The highest BCUT2D eigenvalue weighted by Crippen LogP contribution is 2.38. The number of fused-ring (bicyclic) bond motifs is 3. The molecule has 0 bridgehead atoms. The van der Waals surface area contributed by atoms with Gasteiger partial charge in [-0.25, -0.2) is 4.98 Å². The molecule has 0 aliphatic heterocycles. The summed E-state index contributed by atoms with van der Waals surface area (Å²) in [4.78, 5) is 8.40. The van der Waals surface area contributed by atoms with Gasteiger partial charge < -0.3 is 10.1 Å².